The van der Waals surface area contributed by atoms with Gasteiger partial charge in [-0.2, -0.15) is 0 Å². The smallest absolute Gasteiger partial charge is 1.00 e. The Kier molecular flexibility index (Phi) is 49.6. The number of unbranched alkanes of at least 4 members (excludes halogenated alkanes) is 37. The van der Waals surface area contributed by atoms with Crippen LogP contribution in [0.3, 0.4) is 0 Å². The molecule has 0 saturated carbocycles. The zero-order valence-electron chi connectivity index (χ0n) is 35.0. The molecule has 0 radical (unpaired) electrons. The van der Waals surface area contributed by atoms with Crippen LogP contribution in [0.15, 0.2) is 0 Å². The summed E-state index contributed by atoms with van der Waals surface area (Å²) in [6.45, 7) is 5.23. The van der Waals surface area contributed by atoms with Gasteiger partial charge in [-0.05, 0) is 12.8 Å². The molecule has 0 spiro atoms. The van der Waals surface area contributed by atoms with Gasteiger partial charge in [-0.15, -0.1) is 0 Å². The topological polar surface area (TPSA) is 26.3 Å². The summed E-state index contributed by atoms with van der Waals surface area (Å²) in [7, 11) is 0. The van der Waals surface area contributed by atoms with Gasteiger partial charge in [-0.3, -0.25) is 4.79 Å². The van der Waals surface area contributed by atoms with Crippen LogP contribution in [0, 0.1) is 0 Å². The third-order valence-electron chi connectivity index (χ3n) is 10.2. The fourth-order valence-corrected chi connectivity index (χ4v) is 6.96. The minimum Gasteiger partial charge on any atom is -1.00 e. The Balaban J connectivity index is -0.00000337. The van der Waals surface area contributed by atoms with Crippen LogP contribution in [-0.2, 0) is 9.53 Å². The number of hydrogen-bond acceptors (Lipinski definition) is 2. The number of rotatable bonds is 41. The maximum atomic E-state index is 12.0. The summed E-state index contributed by atoms with van der Waals surface area (Å²) >= 11 is 0. The van der Waals surface area contributed by atoms with Crippen LogP contribution in [0.2, 0.25) is 0 Å². The molecule has 0 aromatic carbocycles. The Morgan fingerprint density at radius 1 is 0.319 bits per heavy atom. The molecule has 3 heteroatoms. The van der Waals surface area contributed by atoms with Crippen LogP contribution < -0.4 is 0 Å². The predicted molar refractivity (Wildman–Crippen MR) is 215 cm³/mol. The van der Waals surface area contributed by atoms with Crippen molar-refractivity contribution in [1.82, 2.24) is 0 Å². The van der Waals surface area contributed by atoms with Crippen LogP contribution >= 0.6 is 0 Å². The molecule has 2 nitrogen and oxygen atoms in total. The molecule has 0 heterocycles. The van der Waals surface area contributed by atoms with Crippen molar-refractivity contribution in [2.24, 2.45) is 0 Å². The van der Waals surface area contributed by atoms with Crippen molar-refractivity contribution < 1.29 is 12.4 Å². The van der Waals surface area contributed by atoms with E-state index in [0.29, 0.717) is 13.0 Å². The van der Waals surface area contributed by atoms with Crippen molar-refractivity contribution >= 4 is 43.7 Å². The molecule has 0 aliphatic rings. The number of esters is 1. The normalized spacial score (nSPS) is 11.2. The first-order valence-corrected chi connectivity index (χ1v) is 22.0. The van der Waals surface area contributed by atoms with E-state index in [4.69, 9.17) is 4.74 Å². The molecular formula is C44H90CaO2. The molecule has 0 amide bonds. The predicted octanol–water partition coefficient (Wildman–Crippen LogP) is 16.0. The Hall–Kier alpha value is 0.730. The summed E-state index contributed by atoms with van der Waals surface area (Å²) in [4.78, 5) is 12.0. The quantitative estimate of drug-likeness (QED) is 0.0363. The second-order valence-corrected chi connectivity index (χ2v) is 15.1. The summed E-state index contributed by atoms with van der Waals surface area (Å²) < 4.78 is 5.47. The van der Waals surface area contributed by atoms with Gasteiger partial charge < -0.3 is 7.59 Å². The summed E-state index contributed by atoms with van der Waals surface area (Å²) in [5.74, 6) is 0.0313. The van der Waals surface area contributed by atoms with E-state index in [1.165, 1.54) is 238 Å². The van der Waals surface area contributed by atoms with Gasteiger partial charge in [0.25, 0.3) is 0 Å². The van der Waals surface area contributed by atoms with E-state index < -0.39 is 0 Å². The number of ether oxygens (including phenoxy) is 1. The van der Waals surface area contributed by atoms with Crippen LogP contribution in [0.25, 0.3) is 0 Å². The molecule has 0 rings (SSSR count). The molecule has 0 bridgehead atoms. The van der Waals surface area contributed by atoms with E-state index in [1.807, 2.05) is 0 Å². The molecule has 0 aliphatic carbocycles. The Morgan fingerprint density at radius 3 is 0.745 bits per heavy atom. The first-order chi connectivity index (χ1) is 22.8. The molecule has 0 aromatic rings. The third kappa shape index (κ3) is 46.7. The minimum atomic E-state index is 0. The maximum Gasteiger partial charge on any atom is 2.00 e. The molecule has 0 aromatic heterocycles. The molecule has 47 heavy (non-hydrogen) atoms. The average Bonchev–Trinajstić information content (AvgIpc) is 3.06. The first kappa shape index (κ1) is 49.8. The van der Waals surface area contributed by atoms with Crippen molar-refractivity contribution in [1.29, 1.82) is 0 Å². The van der Waals surface area contributed by atoms with Crippen molar-refractivity contribution in [2.75, 3.05) is 6.61 Å². The first-order valence-electron chi connectivity index (χ1n) is 22.0. The molecule has 280 valence electrons. The molecule has 0 atom stereocenters. The van der Waals surface area contributed by atoms with Gasteiger partial charge in [-0.25, -0.2) is 0 Å². The van der Waals surface area contributed by atoms with Gasteiger partial charge in [-0.1, -0.05) is 251 Å². The van der Waals surface area contributed by atoms with Gasteiger partial charge in [0.15, 0.2) is 0 Å². The molecule has 0 unspecified atom stereocenters. The Labute approximate surface area is 331 Å². The van der Waals surface area contributed by atoms with Crippen LogP contribution in [0.4, 0.5) is 0 Å². The van der Waals surface area contributed by atoms with Crippen molar-refractivity contribution in [3.05, 3.63) is 0 Å². The standard InChI is InChI=1S/C44H88O2.Ca.2H/c1-3-5-7-9-11-13-15-17-19-20-21-22-23-24-25-26-27-29-31-33-35-37-39-41-43-46-44(45)42-40-38-36-34-32-30-28-18-16-14-12-10-8-6-4-2;;;/h3-43H2,1-2H3;;;/q;+2;2*-1. The Morgan fingerprint density at radius 2 is 0.511 bits per heavy atom. The van der Waals surface area contributed by atoms with E-state index in [1.54, 1.807) is 0 Å². The largest absolute Gasteiger partial charge is 2.00 e. The van der Waals surface area contributed by atoms with Crippen molar-refractivity contribution in [2.45, 2.75) is 271 Å². The van der Waals surface area contributed by atoms with E-state index in [9.17, 15) is 4.79 Å². The van der Waals surface area contributed by atoms with Gasteiger partial charge in [0.05, 0.1) is 6.61 Å². The SMILES string of the molecule is CCCCCCCCCCCCCCCCCCCCCCCCCCOC(=O)CCCCCCCCCCCCCCCCC.[Ca+2].[H-].[H-]. The number of carbonyl (C=O) groups is 1. The summed E-state index contributed by atoms with van der Waals surface area (Å²) in [6, 6.07) is 0. The average molecular weight is 691 g/mol. The van der Waals surface area contributed by atoms with Crippen molar-refractivity contribution in [3.63, 3.8) is 0 Å². The number of carbonyl (C=O) groups excluding carboxylic acids is 1. The molecule has 0 aliphatic heterocycles. The summed E-state index contributed by atoms with van der Waals surface area (Å²) in [5, 5.41) is 0. The van der Waals surface area contributed by atoms with Gasteiger partial charge in [0.2, 0.25) is 0 Å². The second kappa shape index (κ2) is 46.7. The zero-order chi connectivity index (χ0) is 33.3. The van der Waals surface area contributed by atoms with Crippen LogP contribution in [0.5, 0.6) is 0 Å². The molecular weight excluding hydrogens is 601 g/mol. The Bertz CT molecular complexity index is 563. The fraction of sp³-hybridized carbons (Fsp3) is 0.977. The number of hydrogen-bond donors (Lipinski definition) is 0. The summed E-state index contributed by atoms with van der Waals surface area (Å²) in [5.41, 5.74) is 0. The molecule has 0 fully saturated rings. The van der Waals surface area contributed by atoms with E-state index >= 15 is 0 Å². The fourth-order valence-electron chi connectivity index (χ4n) is 6.96. The summed E-state index contributed by atoms with van der Waals surface area (Å²) in [6.07, 6.45) is 54.9. The van der Waals surface area contributed by atoms with Gasteiger partial charge >= 0.3 is 43.7 Å². The second-order valence-electron chi connectivity index (χ2n) is 15.1. The van der Waals surface area contributed by atoms with E-state index in [0.717, 1.165) is 12.8 Å². The van der Waals surface area contributed by atoms with E-state index in [-0.39, 0.29) is 46.6 Å². The maximum absolute atomic E-state index is 12.0. The van der Waals surface area contributed by atoms with Crippen LogP contribution in [-0.4, -0.2) is 50.3 Å². The molecule has 0 N–H and O–H groups in total. The molecule has 0 saturated heterocycles. The van der Waals surface area contributed by atoms with Crippen LogP contribution in [0.1, 0.15) is 274 Å². The zero-order valence-corrected chi connectivity index (χ0v) is 35.2. The van der Waals surface area contributed by atoms with Gasteiger partial charge in [0.1, 0.15) is 0 Å². The van der Waals surface area contributed by atoms with E-state index in [2.05, 4.69) is 13.8 Å². The van der Waals surface area contributed by atoms with Gasteiger partial charge in [0, 0.05) is 6.42 Å². The van der Waals surface area contributed by atoms with Crippen molar-refractivity contribution in [3.8, 4) is 0 Å². The third-order valence-corrected chi connectivity index (χ3v) is 10.2. The monoisotopic (exact) mass is 691 g/mol. The minimum absolute atomic E-state index is 0.